The minimum Gasteiger partial charge on any atom is -0.392 e. The van der Waals surface area contributed by atoms with Crippen LogP contribution >= 0.6 is 0 Å². The molecule has 0 aromatic heterocycles. The lowest BCUT2D eigenvalue weighted by Crippen LogP contribution is -2.42. The van der Waals surface area contributed by atoms with Gasteiger partial charge in [-0.05, 0) is 6.42 Å². The highest BCUT2D eigenvalue weighted by molar-refractivity contribution is 5.82. The fourth-order valence-corrected chi connectivity index (χ4v) is 1.24. The Balaban J connectivity index is 2.23. The first kappa shape index (κ1) is 9.44. The fourth-order valence-electron chi connectivity index (χ4n) is 1.24. The van der Waals surface area contributed by atoms with Crippen LogP contribution in [0.2, 0.25) is 0 Å². The molecule has 12 heavy (non-hydrogen) atoms. The van der Waals surface area contributed by atoms with Crippen molar-refractivity contribution in [1.82, 2.24) is 10.6 Å². The maximum Gasteiger partial charge on any atom is 0.237 e. The van der Waals surface area contributed by atoms with E-state index in [0.717, 1.165) is 0 Å². The molecular formula is C7H15N3O2. The fraction of sp³-hybridized carbons (Fsp3) is 0.857. The summed E-state index contributed by atoms with van der Waals surface area (Å²) in [6.45, 7) is 1.44. The number of nitrogens with two attached hydrogens (primary N) is 1. The summed E-state index contributed by atoms with van der Waals surface area (Å²) in [7, 11) is 0. The molecule has 1 saturated heterocycles. The second-order valence-electron chi connectivity index (χ2n) is 2.93. The molecule has 1 aliphatic rings. The van der Waals surface area contributed by atoms with Gasteiger partial charge in [0.2, 0.25) is 5.91 Å². The molecule has 5 nitrogen and oxygen atoms in total. The van der Waals surface area contributed by atoms with Crippen molar-refractivity contribution in [2.24, 2.45) is 5.73 Å². The minimum atomic E-state index is -0.390. The molecule has 1 fully saturated rings. The van der Waals surface area contributed by atoms with Gasteiger partial charge in [-0.25, -0.2) is 0 Å². The van der Waals surface area contributed by atoms with Gasteiger partial charge in [-0.2, -0.15) is 0 Å². The van der Waals surface area contributed by atoms with E-state index in [2.05, 4.69) is 10.6 Å². The molecule has 0 aromatic rings. The van der Waals surface area contributed by atoms with Crippen LogP contribution in [-0.2, 0) is 4.79 Å². The van der Waals surface area contributed by atoms with E-state index in [1.807, 2.05) is 0 Å². The SMILES string of the molecule is NCCNC(=O)C1CC(O)CN1. The molecule has 1 amide bonds. The van der Waals surface area contributed by atoms with Gasteiger partial charge in [0.15, 0.2) is 0 Å². The van der Waals surface area contributed by atoms with E-state index in [0.29, 0.717) is 26.1 Å². The molecule has 1 rings (SSSR count). The van der Waals surface area contributed by atoms with Gasteiger partial charge < -0.3 is 21.5 Å². The first-order chi connectivity index (χ1) is 5.74. The molecule has 2 unspecified atom stereocenters. The van der Waals surface area contributed by atoms with Gasteiger partial charge in [0.05, 0.1) is 12.1 Å². The Kier molecular flexibility index (Phi) is 3.46. The van der Waals surface area contributed by atoms with Crippen LogP contribution < -0.4 is 16.4 Å². The van der Waals surface area contributed by atoms with E-state index < -0.39 is 6.10 Å². The molecule has 0 spiro atoms. The molecule has 0 bridgehead atoms. The van der Waals surface area contributed by atoms with Gasteiger partial charge >= 0.3 is 0 Å². The minimum absolute atomic E-state index is 0.0722. The van der Waals surface area contributed by atoms with Crippen molar-refractivity contribution in [3.05, 3.63) is 0 Å². The zero-order chi connectivity index (χ0) is 8.97. The Labute approximate surface area is 71.3 Å². The second kappa shape index (κ2) is 4.39. The molecule has 2 atom stereocenters. The van der Waals surface area contributed by atoms with Crippen molar-refractivity contribution in [1.29, 1.82) is 0 Å². The zero-order valence-corrected chi connectivity index (χ0v) is 6.92. The number of nitrogens with one attached hydrogen (secondary N) is 2. The Morgan fingerprint density at radius 3 is 3.00 bits per heavy atom. The number of rotatable bonds is 3. The lowest BCUT2D eigenvalue weighted by atomic mass is 10.2. The molecular weight excluding hydrogens is 158 g/mol. The van der Waals surface area contributed by atoms with Gasteiger partial charge in [0, 0.05) is 19.6 Å². The van der Waals surface area contributed by atoms with Crippen molar-refractivity contribution in [3.63, 3.8) is 0 Å². The first-order valence-corrected chi connectivity index (χ1v) is 4.13. The molecule has 70 valence electrons. The van der Waals surface area contributed by atoms with Gasteiger partial charge in [-0.1, -0.05) is 0 Å². The second-order valence-corrected chi connectivity index (χ2v) is 2.93. The van der Waals surface area contributed by atoms with E-state index in [-0.39, 0.29) is 11.9 Å². The van der Waals surface area contributed by atoms with E-state index in [4.69, 9.17) is 10.8 Å². The summed E-state index contributed by atoms with van der Waals surface area (Å²) in [6, 6.07) is -0.244. The third-order valence-corrected chi connectivity index (χ3v) is 1.87. The number of amides is 1. The average Bonchev–Trinajstić information content (AvgIpc) is 2.47. The lowest BCUT2D eigenvalue weighted by molar-refractivity contribution is -0.122. The highest BCUT2D eigenvalue weighted by Crippen LogP contribution is 2.05. The molecule has 5 heteroatoms. The van der Waals surface area contributed by atoms with Crippen LogP contribution in [0.15, 0.2) is 0 Å². The molecule has 0 aliphatic carbocycles. The van der Waals surface area contributed by atoms with Gasteiger partial charge in [-0.3, -0.25) is 4.79 Å². The lowest BCUT2D eigenvalue weighted by Gasteiger charge is -2.09. The summed E-state index contributed by atoms with van der Waals surface area (Å²) < 4.78 is 0. The van der Waals surface area contributed by atoms with Crippen LogP contribution in [0.25, 0.3) is 0 Å². The van der Waals surface area contributed by atoms with Crippen LogP contribution in [0, 0.1) is 0 Å². The summed E-state index contributed by atoms with van der Waals surface area (Å²) in [4.78, 5) is 11.2. The number of β-amino-alcohol motifs (C(OH)–C–C–N with tert-alkyl or cyclic N) is 1. The van der Waals surface area contributed by atoms with E-state index >= 15 is 0 Å². The molecule has 5 N–H and O–H groups in total. The highest BCUT2D eigenvalue weighted by Gasteiger charge is 2.27. The quantitative estimate of drug-likeness (QED) is 0.389. The Morgan fingerprint density at radius 2 is 2.50 bits per heavy atom. The zero-order valence-electron chi connectivity index (χ0n) is 6.92. The first-order valence-electron chi connectivity index (χ1n) is 4.13. The highest BCUT2D eigenvalue weighted by atomic mass is 16.3. The Morgan fingerprint density at radius 1 is 1.75 bits per heavy atom. The molecule has 0 saturated carbocycles. The molecule has 1 aliphatic heterocycles. The van der Waals surface area contributed by atoms with Crippen molar-refractivity contribution in [3.8, 4) is 0 Å². The van der Waals surface area contributed by atoms with Crippen LogP contribution in [0.4, 0.5) is 0 Å². The van der Waals surface area contributed by atoms with Gasteiger partial charge in [0.25, 0.3) is 0 Å². The summed E-state index contributed by atoms with van der Waals surface area (Å²) in [6.07, 6.45) is 0.106. The average molecular weight is 173 g/mol. The third kappa shape index (κ3) is 2.44. The van der Waals surface area contributed by atoms with Crippen LogP contribution in [0.5, 0.6) is 0 Å². The van der Waals surface area contributed by atoms with Crippen LogP contribution in [-0.4, -0.2) is 42.8 Å². The number of hydrogen-bond acceptors (Lipinski definition) is 4. The predicted molar refractivity (Wildman–Crippen MR) is 44.5 cm³/mol. The summed E-state index contributed by atoms with van der Waals surface area (Å²) in [5.74, 6) is -0.0722. The monoisotopic (exact) mass is 173 g/mol. The van der Waals surface area contributed by atoms with Crippen molar-refractivity contribution in [2.45, 2.75) is 18.6 Å². The van der Waals surface area contributed by atoms with E-state index in [1.54, 1.807) is 0 Å². The molecule has 1 heterocycles. The third-order valence-electron chi connectivity index (χ3n) is 1.87. The van der Waals surface area contributed by atoms with Crippen molar-refractivity contribution in [2.75, 3.05) is 19.6 Å². The number of hydrogen-bond donors (Lipinski definition) is 4. The molecule has 0 radical (unpaired) electrons. The maximum atomic E-state index is 11.2. The predicted octanol–water partition coefficient (Wildman–Crippen LogP) is -2.22. The number of aliphatic hydroxyl groups is 1. The number of carbonyl (C=O) groups is 1. The normalized spacial score (nSPS) is 28.8. The number of aliphatic hydroxyl groups excluding tert-OH is 1. The summed E-state index contributed by atoms with van der Waals surface area (Å²) >= 11 is 0. The van der Waals surface area contributed by atoms with E-state index in [1.165, 1.54) is 0 Å². The number of carbonyl (C=O) groups excluding carboxylic acids is 1. The largest absolute Gasteiger partial charge is 0.392 e. The summed E-state index contributed by atoms with van der Waals surface area (Å²) in [5.41, 5.74) is 5.22. The Bertz CT molecular complexity index is 163. The topological polar surface area (TPSA) is 87.4 Å². The standard InChI is InChI=1S/C7H15N3O2/c8-1-2-9-7(12)6-3-5(11)4-10-6/h5-6,10-11H,1-4,8H2,(H,9,12). The summed E-state index contributed by atoms with van der Waals surface area (Å²) in [5, 5.41) is 14.7. The van der Waals surface area contributed by atoms with Gasteiger partial charge in [-0.15, -0.1) is 0 Å². The van der Waals surface area contributed by atoms with Crippen LogP contribution in [0.1, 0.15) is 6.42 Å². The maximum absolute atomic E-state index is 11.2. The van der Waals surface area contributed by atoms with Crippen molar-refractivity contribution >= 4 is 5.91 Å². The Hall–Kier alpha value is -0.650. The van der Waals surface area contributed by atoms with E-state index in [9.17, 15) is 4.79 Å². The van der Waals surface area contributed by atoms with Crippen molar-refractivity contribution < 1.29 is 9.90 Å². The van der Waals surface area contributed by atoms with Gasteiger partial charge in [0.1, 0.15) is 0 Å². The molecule has 0 aromatic carbocycles. The smallest absolute Gasteiger partial charge is 0.237 e. The van der Waals surface area contributed by atoms with Crippen LogP contribution in [0.3, 0.4) is 0 Å².